The Bertz CT molecular complexity index is 1240. The molecule has 3 aromatic carbocycles. The van der Waals surface area contributed by atoms with Gasteiger partial charge in [0.1, 0.15) is 12.0 Å². The van der Waals surface area contributed by atoms with Crippen molar-refractivity contribution in [3.8, 4) is 0 Å². The number of anilines is 4. The summed E-state index contributed by atoms with van der Waals surface area (Å²) >= 11 is 0. The highest BCUT2D eigenvalue weighted by Crippen LogP contribution is 2.36. The molecular formula is C27H26N6O. The Kier molecular flexibility index (Phi) is 6.07. The average Bonchev–Trinajstić information content (AvgIpc) is 2.89. The third-order valence-electron chi connectivity index (χ3n) is 6.06. The number of carbonyl (C=O) groups is 1. The smallest absolute Gasteiger partial charge is 0.250 e. The van der Waals surface area contributed by atoms with Crippen molar-refractivity contribution in [2.75, 3.05) is 22.6 Å². The largest absolute Gasteiger partial charge is 0.393 e. The third-order valence-corrected chi connectivity index (χ3v) is 6.06. The number of rotatable bonds is 6. The van der Waals surface area contributed by atoms with Crippen molar-refractivity contribution in [3.05, 3.63) is 108 Å². The van der Waals surface area contributed by atoms with E-state index >= 15 is 0 Å². The number of hydrazine groups is 1. The summed E-state index contributed by atoms with van der Waals surface area (Å²) in [5.74, 6) is 0.300. The van der Waals surface area contributed by atoms with Crippen molar-refractivity contribution in [3.63, 3.8) is 0 Å². The van der Waals surface area contributed by atoms with Crippen LogP contribution in [0.3, 0.4) is 0 Å². The van der Waals surface area contributed by atoms with Crippen LogP contribution in [0.4, 0.5) is 23.0 Å². The van der Waals surface area contributed by atoms with Gasteiger partial charge in [0, 0.05) is 12.2 Å². The van der Waals surface area contributed by atoms with Crippen LogP contribution in [0.1, 0.15) is 29.0 Å². The third kappa shape index (κ3) is 4.28. The number of benzene rings is 3. The van der Waals surface area contributed by atoms with Crippen molar-refractivity contribution in [1.29, 1.82) is 0 Å². The zero-order chi connectivity index (χ0) is 23.3. The molecule has 1 aliphatic rings. The Labute approximate surface area is 198 Å². The SMILES string of the molecule is Nc1c(NNC(=O)C(c2ccccc2)c2ccccc2)ncnc1N1CCCc2ccccc21. The number of para-hydroxylation sites is 1. The van der Waals surface area contributed by atoms with Crippen LogP contribution in [0, 0.1) is 0 Å². The summed E-state index contributed by atoms with van der Waals surface area (Å²) in [5.41, 5.74) is 16.8. The fourth-order valence-electron chi connectivity index (χ4n) is 4.43. The van der Waals surface area contributed by atoms with Gasteiger partial charge in [0.15, 0.2) is 11.6 Å². The Morgan fingerprint density at radius 2 is 1.53 bits per heavy atom. The number of nitrogens with two attached hydrogens (primary N) is 1. The zero-order valence-electron chi connectivity index (χ0n) is 18.7. The first-order chi connectivity index (χ1) is 16.7. The molecule has 0 saturated heterocycles. The number of nitrogens with zero attached hydrogens (tertiary/aromatic N) is 3. The van der Waals surface area contributed by atoms with Crippen molar-refractivity contribution < 1.29 is 4.79 Å². The quantitative estimate of drug-likeness (QED) is 0.377. The molecule has 34 heavy (non-hydrogen) atoms. The highest BCUT2D eigenvalue weighted by Gasteiger charge is 2.25. The fraction of sp³-hybridized carbons (Fsp3) is 0.148. The average molecular weight is 451 g/mol. The maximum Gasteiger partial charge on any atom is 0.250 e. The molecule has 0 fully saturated rings. The predicted octanol–water partition coefficient (Wildman–Crippen LogP) is 4.42. The molecule has 4 N–H and O–H groups in total. The van der Waals surface area contributed by atoms with E-state index in [0.29, 0.717) is 17.3 Å². The van der Waals surface area contributed by atoms with E-state index in [-0.39, 0.29) is 5.91 Å². The van der Waals surface area contributed by atoms with Crippen molar-refractivity contribution in [1.82, 2.24) is 15.4 Å². The molecule has 1 aliphatic heterocycles. The van der Waals surface area contributed by atoms with E-state index in [1.165, 1.54) is 11.9 Å². The standard InChI is InChI=1S/C27H26N6O/c28-24-25(29-18-30-26(24)33-17-9-15-19-10-7-8-16-22(19)33)31-32-27(34)23(20-11-3-1-4-12-20)21-13-5-2-6-14-21/h1-8,10-14,16,18,23H,9,15,17,28H2,(H,32,34)(H,29,30,31). The number of fused-ring (bicyclic) bond motifs is 1. The van der Waals surface area contributed by atoms with Gasteiger partial charge in [-0.2, -0.15) is 0 Å². The molecule has 2 heterocycles. The van der Waals surface area contributed by atoms with Crippen molar-refractivity contribution >= 4 is 28.9 Å². The Morgan fingerprint density at radius 1 is 0.882 bits per heavy atom. The molecular weight excluding hydrogens is 424 g/mol. The number of nitrogen functional groups attached to an aromatic ring is 1. The summed E-state index contributed by atoms with van der Waals surface area (Å²) in [6.45, 7) is 0.814. The van der Waals surface area contributed by atoms with Crippen LogP contribution >= 0.6 is 0 Å². The van der Waals surface area contributed by atoms with Crippen LogP contribution in [-0.4, -0.2) is 22.4 Å². The van der Waals surface area contributed by atoms with E-state index in [4.69, 9.17) is 5.73 Å². The van der Waals surface area contributed by atoms with Gasteiger partial charge in [0.2, 0.25) is 5.91 Å². The van der Waals surface area contributed by atoms with Crippen LogP contribution in [0.2, 0.25) is 0 Å². The lowest BCUT2D eigenvalue weighted by Gasteiger charge is -2.31. The molecule has 0 spiro atoms. The minimum absolute atomic E-state index is 0.208. The van der Waals surface area contributed by atoms with E-state index in [2.05, 4.69) is 37.9 Å². The minimum atomic E-state index is -0.480. The molecule has 0 aliphatic carbocycles. The monoisotopic (exact) mass is 450 g/mol. The fourth-order valence-corrected chi connectivity index (χ4v) is 4.43. The van der Waals surface area contributed by atoms with Gasteiger partial charge in [-0.15, -0.1) is 0 Å². The summed E-state index contributed by atoms with van der Waals surface area (Å²) in [4.78, 5) is 24.2. The molecule has 7 nitrogen and oxygen atoms in total. The maximum absolute atomic E-state index is 13.3. The van der Waals surface area contributed by atoms with Gasteiger partial charge in [-0.1, -0.05) is 78.9 Å². The van der Waals surface area contributed by atoms with Gasteiger partial charge in [-0.3, -0.25) is 15.6 Å². The Hall–Kier alpha value is -4.39. The molecule has 5 rings (SSSR count). The number of nitrogens with one attached hydrogen (secondary N) is 2. The predicted molar refractivity (Wildman–Crippen MR) is 135 cm³/mol. The number of amides is 1. The number of aromatic nitrogens is 2. The molecule has 0 saturated carbocycles. The van der Waals surface area contributed by atoms with Gasteiger partial charge < -0.3 is 10.6 Å². The number of hydrogen-bond acceptors (Lipinski definition) is 6. The van der Waals surface area contributed by atoms with Gasteiger partial charge in [-0.05, 0) is 35.6 Å². The van der Waals surface area contributed by atoms with Crippen LogP contribution in [0.15, 0.2) is 91.3 Å². The second-order valence-electron chi connectivity index (χ2n) is 8.21. The Balaban J connectivity index is 1.39. The first kappa shape index (κ1) is 21.5. The lowest BCUT2D eigenvalue weighted by Crippen LogP contribution is -2.35. The molecule has 1 aromatic heterocycles. The lowest BCUT2D eigenvalue weighted by atomic mass is 9.91. The topological polar surface area (TPSA) is 96.2 Å². The summed E-state index contributed by atoms with van der Waals surface area (Å²) in [6, 6.07) is 27.6. The molecule has 0 radical (unpaired) electrons. The number of hydrogen-bond donors (Lipinski definition) is 3. The van der Waals surface area contributed by atoms with Gasteiger partial charge in [-0.25, -0.2) is 9.97 Å². The van der Waals surface area contributed by atoms with E-state index in [9.17, 15) is 4.79 Å². The molecule has 7 heteroatoms. The maximum atomic E-state index is 13.3. The van der Waals surface area contributed by atoms with Gasteiger partial charge in [0.05, 0.1) is 5.92 Å². The van der Waals surface area contributed by atoms with Gasteiger partial charge in [0.25, 0.3) is 0 Å². The van der Waals surface area contributed by atoms with Crippen LogP contribution in [-0.2, 0) is 11.2 Å². The second kappa shape index (κ2) is 9.62. The van der Waals surface area contributed by atoms with E-state index in [0.717, 1.165) is 36.2 Å². The number of carbonyl (C=O) groups excluding carboxylic acids is 1. The van der Waals surface area contributed by atoms with E-state index in [1.807, 2.05) is 72.8 Å². The lowest BCUT2D eigenvalue weighted by molar-refractivity contribution is -0.121. The normalized spacial score (nSPS) is 12.8. The van der Waals surface area contributed by atoms with E-state index in [1.54, 1.807) is 0 Å². The van der Waals surface area contributed by atoms with Crippen LogP contribution < -0.4 is 21.5 Å². The molecule has 0 bridgehead atoms. The minimum Gasteiger partial charge on any atom is -0.393 e. The Morgan fingerprint density at radius 3 is 2.24 bits per heavy atom. The zero-order valence-corrected chi connectivity index (χ0v) is 18.7. The number of aryl methyl sites for hydroxylation is 1. The first-order valence-electron chi connectivity index (χ1n) is 11.3. The van der Waals surface area contributed by atoms with Gasteiger partial charge >= 0.3 is 0 Å². The highest BCUT2D eigenvalue weighted by molar-refractivity contribution is 5.89. The molecule has 0 atom stereocenters. The molecule has 170 valence electrons. The molecule has 1 amide bonds. The highest BCUT2D eigenvalue weighted by atomic mass is 16.2. The summed E-state index contributed by atoms with van der Waals surface area (Å²) in [6.07, 6.45) is 3.50. The second-order valence-corrected chi connectivity index (χ2v) is 8.21. The summed E-state index contributed by atoms with van der Waals surface area (Å²) in [7, 11) is 0. The van der Waals surface area contributed by atoms with Crippen LogP contribution in [0.5, 0.6) is 0 Å². The summed E-state index contributed by atoms with van der Waals surface area (Å²) < 4.78 is 0. The van der Waals surface area contributed by atoms with Crippen molar-refractivity contribution in [2.45, 2.75) is 18.8 Å². The van der Waals surface area contributed by atoms with E-state index < -0.39 is 5.92 Å². The first-order valence-corrected chi connectivity index (χ1v) is 11.3. The van der Waals surface area contributed by atoms with Crippen molar-refractivity contribution in [2.24, 2.45) is 0 Å². The molecule has 4 aromatic rings. The molecule has 0 unspecified atom stereocenters. The summed E-state index contributed by atoms with van der Waals surface area (Å²) in [5, 5.41) is 0. The van der Waals surface area contributed by atoms with Crippen LogP contribution in [0.25, 0.3) is 0 Å².